The van der Waals surface area contributed by atoms with E-state index in [4.69, 9.17) is 16.3 Å². The first-order valence-corrected chi connectivity index (χ1v) is 15.7. The number of carbonyl (C=O) groups excluding carboxylic acids is 3. The number of rotatable bonds is 13. The molecule has 46 heavy (non-hydrogen) atoms. The summed E-state index contributed by atoms with van der Waals surface area (Å²) >= 11 is 6.55. The first-order chi connectivity index (χ1) is 22.2. The lowest BCUT2D eigenvalue weighted by Crippen LogP contribution is -2.61. The Bertz CT molecular complexity index is 1590. The molecule has 12 heteroatoms. The maximum absolute atomic E-state index is 14.1. The van der Waals surface area contributed by atoms with Crippen molar-refractivity contribution in [2.24, 2.45) is 0 Å². The summed E-state index contributed by atoms with van der Waals surface area (Å²) in [6.45, 7) is 0.654. The Balaban J connectivity index is 1.25. The van der Waals surface area contributed by atoms with E-state index in [9.17, 15) is 27.6 Å². The van der Waals surface area contributed by atoms with Gasteiger partial charge in [0, 0.05) is 43.3 Å². The molecule has 244 valence electrons. The molecule has 0 unspecified atom stereocenters. The van der Waals surface area contributed by atoms with Gasteiger partial charge in [0.2, 0.25) is 23.5 Å². The Morgan fingerprint density at radius 1 is 1.02 bits per heavy atom. The highest BCUT2D eigenvalue weighted by Crippen LogP contribution is 2.33. The van der Waals surface area contributed by atoms with Crippen molar-refractivity contribution in [3.05, 3.63) is 93.8 Å². The third-order valence-corrected chi connectivity index (χ3v) is 8.56. The standard InChI is InChI=1S/C34H36ClF3N4O4/c1-39-30(43)15-7-22-6-12-26(35)23(17-22)20-41(24-10-11-24)34(45)29-18-40-19-31(44)42(29)25-8-4-21(5-9-25)3-2-16-46-33-28(37)14-13-27(36)32(33)38/h4-6,8-9,12-14,17,24,29,40H,2-3,7,10-11,15-16,18-20H2,1H3,(H,39,43)/t29-/m1/s1. The molecule has 1 saturated heterocycles. The quantitative estimate of drug-likeness (QED) is 0.201. The maximum atomic E-state index is 14.1. The van der Waals surface area contributed by atoms with Gasteiger partial charge in [0.1, 0.15) is 6.04 Å². The largest absolute Gasteiger partial charge is 0.488 e. The Hall–Kier alpha value is -4.09. The zero-order chi connectivity index (χ0) is 32.8. The first-order valence-electron chi connectivity index (χ1n) is 15.3. The van der Waals surface area contributed by atoms with Crippen LogP contribution in [0.4, 0.5) is 18.9 Å². The van der Waals surface area contributed by atoms with Gasteiger partial charge in [0.05, 0.1) is 13.2 Å². The molecule has 1 saturated carbocycles. The molecule has 1 heterocycles. The van der Waals surface area contributed by atoms with Crippen LogP contribution in [0.5, 0.6) is 5.75 Å². The molecular weight excluding hydrogens is 621 g/mol. The summed E-state index contributed by atoms with van der Waals surface area (Å²) < 4.78 is 46.2. The average Bonchev–Trinajstić information content (AvgIpc) is 3.90. The van der Waals surface area contributed by atoms with Gasteiger partial charge in [0.25, 0.3) is 0 Å². The van der Waals surface area contributed by atoms with Crippen LogP contribution in [0, 0.1) is 17.5 Å². The van der Waals surface area contributed by atoms with E-state index >= 15 is 0 Å². The maximum Gasteiger partial charge on any atom is 0.247 e. The van der Waals surface area contributed by atoms with Gasteiger partial charge in [-0.2, -0.15) is 4.39 Å². The number of anilines is 1. The fraction of sp³-hybridized carbons (Fsp3) is 0.382. The molecule has 1 atom stereocenters. The van der Waals surface area contributed by atoms with Gasteiger partial charge in [0.15, 0.2) is 17.4 Å². The Labute approximate surface area is 270 Å². The minimum Gasteiger partial charge on any atom is -0.488 e. The molecule has 0 aromatic heterocycles. The third-order valence-electron chi connectivity index (χ3n) is 8.19. The van der Waals surface area contributed by atoms with Gasteiger partial charge in [-0.25, -0.2) is 8.78 Å². The molecule has 0 radical (unpaired) electrons. The molecule has 5 rings (SSSR count). The van der Waals surface area contributed by atoms with E-state index < -0.39 is 29.2 Å². The number of hydrogen-bond acceptors (Lipinski definition) is 5. The average molecular weight is 657 g/mol. The number of ether oxygens (including phenoxy) is 1. The lowest BCUT2D eigenvalue weighted by atomic mass is 10.0. The second-order valence-corrected chi connectivity index (χ2v) is 11.9. The summed E-state index contributed by atoms with van der Waals surface area (Å²) in [5, 5.41) is 6.22. The molecule has 3 amide bonds. The summed E-state index contributed by atoms with van der Waals surface area (Å²) in [4.78, 5) is 42.4. The van der Waals surface area contributed by atoms with Crippen LogP contribution in [-0.4, -0.2) is 61.4 Å². The van der Waals surface area contributed by atoms with Crippen molar-refractivity contribution in [3.63, 3.8) is 0 Å². The number of hydrogen-bond donors (Lipinski definition) is 2. The second-order valence-electron chi connectivity index (χ2n) is 11.5. The van der Waals surface area contributed by atoms with Crippen LogP contribution >= 0.6 is 11.6 Å². The smallest absolute Gasteiger partial charge is 0.247 e. The summed E-state index contributed by atoms with van der Waals surface area (Å²) in [5.41, 5.74) is 3.21. The lowest BCUT2D eigenvalue weighted by Gasteiger charge is -2.38. The first kappa shape index (κ1) is 33.3. The van der Waals surface area contributed by atoms with Crippen molar-refractivity contribution in [2.45, 2.75) is 57.2 Å². The van der Waals surface area contributed by atoms with Gasteiger partial charge in [-0.3, -0.25) is 19.3 Å². The fourth-order valence-corrected chi connectivity index (χ4v) is 5.72. The Kier molecular flexibility index (Phi) is 10.9. The summed E-state index contributed by atoms with van der Waals surface area (Å²) in [6.07, 6.45) is 3.54. The zero-order valence-corrected chi connectivity index (χ0v) is 26.2. The van der Waals surface area contributed by atoms with Gasteiger partial charge < -0.3 is 20.3 Å². The normalized spacial score (nSPS) is 16.3. The van der Waals surface area contributed by atoms with Crippen molar-refractivity contribution < 1.29 is 32.3 Å². The number of piperazine rings is 1. The molecule has 8 nitrogen and oxygen atoms in total. The predicted octanol–water partition coefficient (Wildman–Crippen LogP) is 4.94. The molecular formula is C34H36ClF3N4O4. The number of nitrogens with zero attached hydrogens (tertiary/aromatic N) is 2. The van der Waals surface area contributed by atoms with Crippen LogP contribution in [0.1, 0.15) is 42.4 Å². The van der Waals surface area contributed by atoms with Crippen molar-refractivity contribution in [2.75, 3.05) is 31.6 Å². The number of aryl methyl sites for hydroxylation is 2. The highest BCUT2D eigenvalue weighted by molar-refractivity contribution is 6.31. The van der Waals surface area contributed by atoms with Crippen LogP contribution in [0.2, 0.25) is 5.02 Å². The van der Waals surface area contributed by atoms with E-state index in [1.54, 1.807) is 30.1 Å². The zero-order valence-electron chi connectivity index (χ0n) is 25.5. The summed E-state index contributed by atoms with van der Waals surface area (Å²) in [5.74, 6) is -4.70. The molecule has 2 fully saturated rings. The van der Waals surface area contributed by atoms with Gasteiger partial charge >= 0.3 is 0 Å². The highest BCUT2D eigenvalue weighted by atomic mass is 35.5. The van der Waals surface area contributed by atoms with Gasteiger partial charge in [-0.1, -0.05) is 35.9 Å². The molecule has 0 bridgehead atoms. The minimum absolute atomic E-state index is 0.0239. The van der Waals surface area contributed by atoms with Crippen molar-refractivity contribution >= 4 is 35.0 Å². The third kappa shape index (κ3) is 8.00. The van der Waals surface area contributed by atoms with Crippen LogP contribution in [0.25, 0.3) is 0 Å². The second kappa shape index (κ2) is 15.0. The number of benzene rings is 3. The number of nitrogens with one attached hydrogen (secondary N) is 2. The van der Waals surface area contributed by atoms with Crippen LogP contribution in [-0.2, 0) is 33.8 Å². The molecule has 3 aromatic rings. The van der Waals surface area contributed by atoms with E-state index in [1.165, 1.54) is 4.90 Å². The van der Waals surface area contributed by atoms with Crippen molar-refractivity contribution in [1.29, 1.82) is 0 Å². The molecule has 3 aromatic carbocycles. The highest BCUT2D eigenvalue weighted by Gasteiger charge is 2.41. The Morgan fingerprint density at radius 3 is 2.46 bits per heavy atom. The van der Waals surface area contributed by atoms with Crippen LogP contribution < -0.4 is 20.3 Å². The topological polar surface area (TPSA) is 91.0 Å². The van der Waals surface area contributed by atoms with E-state index in [2.05, 4.69) is 10.6 Å². The number of amides is 3. The van der Waals surface area contributed by atoms with E-state index in [0.717, 1.165) is 35.6 Å². The number of carbonyl (C=O) groups is 3. The molecule has 1 aliphatic carbocycles. The van der Waals surface area contributed by atoms with Crippen LogP contribution in [0.15, 0.2) is 54.6 Å². The van der Waals surface area contributed by atoms with Crippen molar-refractivity contribution in [1.82, 2.24) is 15.5 Å². The summed E-state index contributed by atoms with van der Waals surface area (Å²) in [7, 11) is 1.60. The van der Waals surface area contributed by atoms with Gasteiger partial charge in [-0.05, 0) is 79.1 Å². The van der Waals surface area contributed by atoms with E-state index in [0.29, 0.717) is 55.5 Å². The van der Waals surface area contributed by atoms with Crippen LogP contribution in [0.3, 0.4) is 0 Å². The fourth-order valence-electron chi connectivity index (χ4n) is 5.54. The number of halogens is 4. The van der Waals surface area contributed by atoms with Crippen molar-refractivity contribution in [3.8, 4) is 5.75 Å². The molecule has 1 aliphatic heterocycles. The lowest BCUT2D eigenvalue weighted by molar-refractivity contribution is -0.136. The monoisotopic (exact) mass is 656 g/mol. The predicted molar refractivity (Wildman–Crippen MR) is 168 cm³/mol. The SMILES string of the molecule is CNC(=O)CCc1ccc(Cl)c(CN(C(=O)[C@H]2CNCC(=O)N2c2ccc(CCCOc3c(F)ccc(F)c3F)cc2)C2CC2)c1. The summed E-state index contributed by atoms with van der Waals surface area (Å²) in [6, 6.07) is 13.6. The minimum atomic E-state index is -1.36. The molecule has 0 spiro atoms. The van der Waals surface area contributed by atoms with E-state index in [1.807, 2.05) is 24.3 Å². The Morgan fingerprint density at radius 2 is 1.74 bits per heavy atom. The van der Waals surface area contributed by atoms with Gasteiger partial charge in [-0.15, -0.1) is 0 Å². The molecule has 2 aliphatic rings. The molecule has 2 N–H and O–H groups in total. The van der Waals surface area contributed by atoms with E-state index in [-0.39, 0.29) is 36.9 Å².